The van der Waals surface area contributed by atoms with Gasteiger partial charge in [-0.15, -0.1) is 0 Å². The van der Waals surface area contributed by atoms with Crippen molar-refractivity contribution in [3.63, 3.8) is 0 Å². The zero-order valence-electron chi connectivity index (χ0n) is 7.52. The molecule has 0 unspecified atom stereocenters. The van der Waals surface area contributed by atoms with Crippen LogP contribution in [0.2, 0.25) is 0 Å². The summed E-state index contributed by atoms with van der Waals surface area (Å²) < 4.78 is 10.1. The van der Waals surface area contributed by atoms with Gasteiger partial charge >= 0.3 is 13.6 Å². The topological polar surface area (TPSA) is 119 Å². The van der Waals surface area contributed by atoms with Gasteiger partial charge in [0.1, 0.15) is 0 Å². The molecule has 0 aromatic carbocycles. The average molecular weight is 214 g/mol. The molecule has 80 valence electrons. The number of carboxylic acid groups (broad SMARTS) is 1. The maximum Gasteiger partial charge on any atom is 0.339 e. The molecule has 5 N–H and O–H groups in total. The first-order chi connectivity index (χ1) is 5.83. The Morgan fingerprint density at radius 3 is 2.00 bits per heavy atom. The van der Waals surface area contributed by atoms with Crippen LogP contribution in [-0.4, -0.2) is 47.8 Å². The maximum absolute atomic E-state index is 10.1. The predicted molar refractivity (Wildman–Crippen MR) is 47.5 cm³/mol. The summed E-state index contributed by atoms with van der Waals surface area (Å²) in [5.74, 6) is -1.14. The van der Waals surface area contributed by atoms with Crippen LogP contribution in [0, 0.1) is 0 Å². The van der Waals surface area contributed by atoms with Crippen molar-refractivity contribution in [2.45, 2.75) is 0 Å². The normalized spacial score (nSPS) is 10.2. The van der Waals surface area contributed by atoms with Crippen LogP contribution in [0.3, 0.4) is 0 Å². The number of hydrogen-bond acceptors (Lipinski definition) is 4. The first-order valence-electron chi connectivity index (χ1n) is 3.39. The molecule has 0 rings (SSSR count). The van der Waals surface area contributed by atoms with Crippen molar-refractivity contribution in [1.82, 2.24) is 10.6 Å². The maximum atomic E-state index is 10.1. The van der Waals surface area contributed by atoms with Gasteiger partial charge < -0.3 is 20.2 Å². The van der Waals surface area contributed by atoms with E-state index in [0.717, 1.165) is 0 Å². The van der Waals surface area contributed by atoms with Crippen LogP contribution in [0.5, 0.6) is 0 Å². The van der Waals surface area contributed by atoms with Gasteiger partial charge in [-0.3, -0.25) is 14.7 Å². The van der Waals surface area contributed by atoms with E-state index >= 15 is 0 Å². The lowest BCUT2D eigenvalue weighted by Crippen LogP contribution is -2.23. The molecule has 0 fully saturated rings. The summed E-state index contributed by atoms with van der Waals surface area (Å²) in [5.41, 5.74) is 0. The van der Waals surface area contributed by atoms with Gasteiger partial charge in [0.25, 0.3) is 0 Å². The summed E-state index contributed by atoms with van der Waals surface area (Å²) in [7, 11) is -0.346. The van der Waals surface area contributed by atoms with Gasteiger partial charge in [0.05, 0.1) is 12.8 Å². The molecule has 0 aliphatic carbocycles. The zero-order valence-corrected chi connectivity index (χ0v) is 8.41. The average Bonchev–Trinajstić information content (AvgIpc) is 1.84. The standard InChI is InChI=1S/C3H8NO5P.C2H7N/c5-3(6)1-4-2-10(7,8)9;1-3-2/h4H,1-2H2,(H,5,6)(H2,7,8,9);3H,1-2H3. The Balaban J connectivity index is 0. The second-order valence-corrected chi connectivity index (χ2v) is 3.79. The van der Waals surface area contributed by atoms with Crippen molar-refractivity contribution in [3.05, 3.63) is 0 Å². The van der Waals surface area contributed by atoms with Crippen LogP contribution in [-0.2, 0) is 9.36 Å². The van der Waals surface area contributed by atoms with Crippen LogP contribution in [0.25, 0.3) is 0 Å². The summed E-state index contributed by atoms with van der Waals surface area (Å²) in [6.45, 7) is -0.439. The molecule has 0 amide bonds. The molecular weight excluding hydrogens is 199 g/mol. The van der Waals surface area contributed by atoms with Gasteiger partial charge in [-0.25, -0.2) is 0 Å². The van der Waals surface area contributed by atoms with Gasteiger partial charge in [-0.1, -0.05) is 0 Å². The van der Waals surface area contributed by atoms with Crippen molar-refractivity contribution in [3.8, 4) is 0 Å². The Morgan fingerprint density at radius 2 is 1.77 bits per heavy atom. The number of carboxylic acids is 1. The molecule has 13 heavy (non-hydrogen) atoms. The molecule has 0 aromatic rings. The van der Waals surface area contributed by atoms with Crippen molar-refractivity contribution in [2.24, 2.45) is 0 Å². The van der Waals surface area contributed by atoms with Crippen molar-refractivity contribution >= 4 is 13.6 Å². The van der Waals surface area contributed by atoms with E-state index in [1.165, 1.54) is 0 Å². The molecule has 0 radical (unpaired) electrons. The number of rotatable bonds is 4. The molecule has 0 aromatic heterocycles. The Hall–Kier alpha value is -0.460. The number of nitrogens with one attached hydrogen (secondary N) is 2. The van der Waals surface area contributed by atoms with Crippen molar-refractivity contribution in [2.75, 3.05) is 26.9 Å². The lowest BCUT2D eigenvalue weighted by Gasteiger charge is -2.02. The quantitative estimate of drug-likeness (QED) is 0.366. The van der Waals surface area contributed by atoms with E-state index < -0.39 is 26.4 Å². The molecular formula is C5H15N2O5P. The summed E-state index contributed by atoms with van der Waals surface area (Å²) in [6.07, 6.45) is -0.598. The molecule has 8 heteroatoms. The largest absolute Gasteiger partial charge is 0.480 e. The van der Waals surface area contributed by atoms with Crippen molar-refractivity contribution < 1.29 is 24.3 Å². The van der Waals surface area contributed by atoms with E-state index in [4.69, 9.17) is 14.9 Å². The molecule has 0 saturated carbocycles. The second kappa shape index (κ2) is 8.15. The second-order valence-electron chi connectivity index (χ2n) is 2.14. The minimum Gasteiger partial charge on any atom is -0.480 e. The van der Waals surface area contributed by atoms with Gasteiger partial charge in [-0.05, 0) is 14.1 Å². The van der Waals surface area contributed by atoms with E-state index in [9.17, 15) is 9.36 Å². The molecule has 0 aliphatic rings. The number of aliphatic carboxylic acids is 1. The van der Waals surface area contributed by atoms with Gasteiger partial charge in [-0.2, -0.15) is 0 Å². The zero-order chi connectivity index (χ0) is 10.9. The lowest BCUT2D eigenvalue weighted by atomic mass is 10.7. The number of hydrogen-bond donors (Lipinski definition) is 5. The van der Waals surface area contributed by atoms with E-state index in [1.807, 2.05) is 14.1 Å². The molecule has 0 spiro atoms. The first-order valence-corrected chi connectivity index (χ1v) is 5.18. The molecule has 7 nitrogen and oxygen atoms in total. The highest BCUT2D eigenvalue weighted by molar-refractivity contribution is 7.51. The van der Waals surface area contributed by atoms with E-state index in [2.05, 4.69) is 10.6 Å². The summed E-state index contributed by atoms with van der Waals surface area (Å²) in [6, 6.07) is 0. The molecule has 0 aliphatic heterocycles. The third-order valence-electron chi connectivity index (χ3n) is 0.594. The summed E-state index contributed by atoms with van der Waals surface area (Å²) in [4.78, 5) is 26.1. The highest BCUT2D eigenvalue weighted by Crippen LogP contribution is 2.31. The molecule has 0 saturated heterocycles. The highest BCUT2D eigenvalue weighted by Gasteiger charge is 2.11. The van der Waals surface area contributed by atoms with Crippen LogP contribution >= 0.6 is 7.60 Å². The van der Waals surface area contributed by atoms with E-state index in [0.29, 0.717) is 0 Å². The monoisotopic (exact) mass is 214 g/mol. The van der Waals surface area contributed by atoms with Crippen LogP contribution in [0.1, 0.15) is 0 Å². The summed E-state index contributed by atoms with van der Waals surface area (Å²) >= 11 is 0. The highest BCUT2D eigenvalue weighted by atomic mass is 31.2. The van der Waals surface area contributed by atoms with Gasteiger partial charge in [0.2, 0.25) is 0 Å². The minimum absolute atomic E-state index is 0.439. The molecule has 0 heterocycles. The lowest BCUT2D eigenvalue weighted by molar-refractivity contribution is -0.135. The van der Waals surface area contributed by atoms with Crippen LogP contribution < -0.4 is 10.6 Å². The Morgan fingerprint density at radius 1 is 1.38 bits per heavy atom. The van der Waals surface area contributed by atoms with Crippen LogP contribution in [0.15, 0.2) is 0 Å². The Labute approximate surface area is 76.3 Å². The van der Waals surface area contributed by atoms with E-state index in [1.54, 1.807) is 0 Å². The smallest absolute Gasteiger partial charge is 0.339 e. The van der Waals surface area contributed by atoms with Crippen molar-refractivity contribution in [1.29, 1.82) is 0 Å². The van der Waals surface area contributed by atoms with Gasteiger partial charge in [0.15, 0.2) is 0 Å². The molecule has 0 bridgehead atoms. The van der Waals surface area contributed by atoms with E-state index in [-0.39, 0.29) is 0 Å². The Bertz CT molecular complexity index is 180. The minimum atomic E-state index is -4.10. The third-order valence-corrected chi connectivity index (χ3v) is 1.23. The fourth-order valence-corrected chi connectivity index (χ4v) is 0.712. The molecule has 0 atom stereocenters. The summed E-state index contributed by atoms with van der Waals surface area (Å²) in [5, 5.41) is 12.8. The fourth-order valence-electron chi connectivity index (χ4n) is 0.308. The fraction of sp³-hybridized carbons (Fsp3) is 0.800. The number of carbonyl (C=O) groups is 1. The predicted octanol–water partition coefficient (Wildman–Crippen LogP) is -1.37. The third kappa shape index (κ3) is 24.6. The van der Waals surface area contributed by atoms with Gasteiger partial charge in [0, 0.05) is 0 Å². The van der Waals surface area contributed by atoms with Crippen LogP contribution in [0.4, 0.5) is 0 Å². The first kappa shape index (κ1) is 15.0. The Kier molecular flexibility index (Phi) is 9.43. The SMILES string of the molecule is CNC.O=C(O)CNCP(=O)(O)O.